The number of thioether (sulfide) groups is 1. The highest BCUT2D eigenvalue weighted by atomic mass is 32.2. The van der Waals surface area contributed by atoms with Crippen LogP contribution in [0.25, 0.3) is 5.69 Å². The lowest BCUT2D eigenvalue weighted by atomic mass is 10.3. The average molecular weight is 345 g/mol. The molecule has 24 heavy (non-hydrogen) atoms. The molecule has 1 aromatic heterocycles. The van der Waals surface area contributed by atoms with Crippen molar-refractivity contribution in [1.29, 1.82) is 0 Å². The molecule has 1 heterocycles. The van der Waals surface area contributed by atoms with Crippen molar-refractivity contribution in [2.75, 3.05) is 5.32 Å². The van der Waals surface area contributed by atoms with Gasteiger partial charge in [-0.3, -0.25) is 4.79 Å². The van der Waals surface area contributed by atoms with Gasteiger partial charge in [0, 0.05) is 11.1 Å². The maximum atomic E-state index is 12.6. The molecule has 0 radical (unpaired) electrons. The van der Waals surface area contributed by atoms with E-state index in [0.717, 1.165) is 5.69 Å². The minimum absolute atomic E-state index is 0.316. The van der Waals surface area contributed by atoms with E-state index in [1.54, 1.807) is 35.1 Å². The van der Waals surface area contributed by atoms with Crippen molar-refractivity contribution in [1.82, 2.24) is 9.78 Å². The fourth-order valence-corrected chi connectivity index (χ4v) is 2.72. The van der Waals surface area contributed by atoms with Gasteiger partial charge in [-0.25, -0.2) is 4.68 Å². The molecule has 2 aromatic carbocycles. The van der Waals surface area contributed by atoms with Crippen LogP contribution in [0.5, 0.6) is 0 Å². The fraction of sp³-hybridized carbons (Fsp3) is 0.0588. The highest BCUT2D eigenvalue weighted by molar-refractivity contribution is 7.99. The van der Waals surface area contributed by atoms with Crippen LogP contribution in [-0.4, -0.2) is 21.4 Å². The Morgan fingerprint density at radius 1 is 1.08 bits per heavy atom. The number of amides is 1. The average Bonchev–Trinajstić information content (AvgIpc) is 3.07. The molecular formula is C17H13F2N3OS. The van der Waals surface area contributed by atoms with Gasteiger partial charge < -0.3 is 5.32 Å². The lowest BCUT2D eigenvalue weighted by Crippen LogP contribution is -2.12. The summed E-state index contributed by atoms with van der Waals surface area (Å²) < 4.78 is 26.8. The van der Waals surface area contributed by atoms with Crippen molar-refractivity contribution < 1.29 is 13.6 Å². The molecule has 3 rings (SSSR count). The Morgan fingerprint density at radius 2 is 1.79 bits per heavy atom. The quantitative estimate of drug-likeness (QED) is 0.696. The number of nitrogens with one attached hydrogen (secondary N) is 1. The van der Waals surface area contributed by atoms with Gasteiger partial charge in [0.2, 0.25) is 0 Å². The van der Waals surface area contributed by atoms with Crippen molar-refractivity contribution in [3.8, 4) is 5.69 Å². The number of para-hydroxylation sites is 2. The fourth-order valence-electron chi connectivity index (χ4n) is 2.13. The largest absolute Gasteiger partial charge is 0.321 e. The number of alkyl halides is 2. The molecule has 1 amide bonds. The third-order valence-corrected chi connectivity index (χ3v) is 4.00. The highest BCUT2D eigenvalue weighted by Crippen LogP contribution is 2.31. The van der Waals surface area contributed by atoms with Gasteiger partial charge in [-0.2, -0.15) is 13.9 Å². The Kier molecular flexibility index (Phi) is 4.90. The molecule has 0 aliphatic carbocycles. The number of hydrogen-bond donors (Lipinski definition) is 1. The molecule has 0 fully saturated rings. The maximum Gasteiger partial charge on any atom is 0.288 e. The molecule has 0 bridgehead atoms. The predicted molar refractivity (Wildman–Crippen MR) is 89.8 cm³/mol. The normalized spacial score (nSPS) is 10.8. The molecule has 0 saturated carbocycles. The Bertz CT molecular complexity index is 837. The van der Waals surface area contributed by atoms with Crippen molar-refractivity contribution in [3.63, 3.8) is 0 Å². The lowest BCUT2D eigenvalue weighted by molar-refractivity contribution is 0.102. The van der Waals surface area contributed by atoms with E-state index in [-0.39, 0.29) is 0 Å². The zero-order valence-electron chi connectivity index (χ0n) is 12.4. The highest BCUT2D eigenvalue weighted by Gasteiger charge is 2.14. The Balaban J connectivity index is 1.78. The molecule has 0 aliphatic heterocycles. The molecule has 122 valence electrons. The first kappa shape index (κ1) is 16.2. The molecular weight excluding hydrogens is 332 g/mol. The topological polar surface area (TPSA) is 46.9 Å². The van der Waals surface area contributed by atoms with Crippen LogP contribution in [0.3, 0.4) is 0 Å². The Hall–Kier alpha value is -2.67. The molecule has 3 aromatic rings. The number of aromatic nitrogens is 2. The van der Waals surface area contributed by atoms with Gasteiger partial charge in [-0.1, -0.05) is 42.1 Å². The second-order valence-corrected chi connectivity index (χ2v) is 5.87. The summed E-state index contributed by atoms with van der Waals surface area (Å²) in [5.41, 5.74) is 1.51. The van der Waals surface area contributed by atoms with Crippen molar-refractivity contribution in [3.05, 3.63) is 72.6 Å². The van der Waals surface area contributed by atoms with Gasteiger partial charge in [0.05, 0.1) is 23.1 Å². The maximum absolute atomic E-state index is 12.6. The molecule has 4 nitrogen and oxygen atoms in total. The summed E-state index contributed by atoms with van der Waals surface area (Å²) in [5.74, 6) is -2.96. The third kappa shape index (κ3) is 3.80. The first-order chi connectivity index (χ1) is 11.6. The number of carbonyl (C=O) groups excluding carboxylic acids is 1. The van der Waals surface area contributed by atoms with E-state index in [9.17, 15) is 13.6 Å². The van der Waals surface area contributed by atoms with Crippen LogP contribution in [-0.2, 0) is 0 Å². The number of halogens is 2. The second-order valence-electron chi connectivity index (χ2n) is 4.84. The van der Waals surface area contributed by atoms with E-state index in [1.807, 2.05) is 30.3 Å². The monoisotopic (exact) mass is 345 g/mol. The van der Waals surface area contributed by atoms with E-state index < -0.39 is 11.7 Å². The minimum atomic E-state index is -2.55. The molecule has 7 heteroatoms. The number of benzene rings is 2. The van der Waals surface area contributed by atoms with E-state index in [4.69, 9.17) is 0 Å². The summed E-state index contributed by atoms with van der Waals surface area (Å²) in [6.07, 6.45) is 3.03. The van der Waals surface area contributed by atoms with E-state index in [1.165, 1.54) is 6.20 Å². The van der Waals surface area contributed by atoms with Crippen LogP contribution in [0.2, 0.25) is 0 Å². The van der Waals surface area contributed by atoms with Crippen LogP contribution in [0.1, 0.15) is 10.4 Å². The Morgan fingerprint density at radius 3 is 2.54 bits per heavy atom. The summed E-state index contributed by atoms with van der Waals surface area (Å²) in [6.45, 7) is 0. The number of anilines is 1. The lowest BCUT2D eigenvalue weighted by Gasteiger charge is -2.09. The molecule has 0 aliphatic rings. The van der Waals surface area contributed by atoms with Crippen molar-refractivity contribution in [2.24, 2.45) is 0 Å². The zero-order valence-corrected chi connectivity index (χ0v) is 13.2. The van der Waals surface area contributed by atoms with Crippen LogP contribution < -0.4 is 5.32 Å². The standard InChI is InChI=1S/C17H13F2N3OS/c18-17(19)24-15-9-5-4-8-14(15)21-16(23)12-10-20-22(11-12)13-6-2-1-3-7-13/h1-11,17H,(H,21,23). The van der Waals surface area contributed by atoms with E-state index in [2.05, 4.69) is 10.4 Å². The minimum Gasteiger partial charge on any atom is -0.321 e. The summed E-state index contributed by atoms with van der Waals surface area (Å²) in [4.78, 5) is 12.7. The summed E-state index contributed by atoms with van der Waals surface area (Å²) in [7, 11) is 0. The van der Waals surface area contributed by atoms with Gasteiger partial charge >= 0.3 is 0 Å². The van der Waals surface area contributed by atoms with Crippen molar-refractivity contribution in [2.45, 2.75) is 10.7 Å². The predicted octanol–water partition coefficient (Wildman–Crippen LogP) is 4.44. The Labute approximate surface area is 141 Å². The number of nitrogens with zero attached hydrogens (tertiary/aromatic N) is 2. The first-order valence-corrected chi connectivity index (χ1v) is 7.97. The molecule has 1 N–H and O–H groups in total. The van der Waals surface area contributed by atoms with Crippen LogP contribution in [0.15, 0.2) is 71.9 Å². The van der Waals surface area contributed by atoms with E-state index >= 15 is 0 Å². The smallest absolute Gasteiger partial charge is 0.288 e. The SMILES string of the molecule is O=C(Nc1ccccc1SC(F)F)c1cnn(-c2ccccc2)c1. The summed E-state index contributed by atoms with van der Waals surface area (Å²) >= 11 is 0.395. The summed E-state index contributed by atoms with van der Waals surface area (Å²) in [6, 6.07) is 15.8. The van der Waals surface area contributed by atoms with Gasteiger partial charge in [0.1, 0.15) is 0 Å². The molecule has 0 saturated heterocycles. The summed E-state index contributed by atoms with van der Waals surface area (Å²) in [5, 5.41) is 6.80. The van der Waals surface area contributed by atoms with Crippen LogP contribution >= 0.6 is 11.8 Å². The van der Waals surface area contributed by atoms with Gasteiger partial charge in [-0.05, 0) is 24.3 Å². The van der Waals surface area contributed by atoms with Gasteiger partial charge in [0.25, 0.3) is 11.7 Å². The molecule has 0 unspecified atom stereocenters. The second kappa shape index (κ2) is 7.27. The molecule has 0 spiro atoms. The number of hydrogen-bond acceptors (Lipinski definition) is 3. The van der Waals surface area contributed by atoms with Crippen LogP contribution in [0.4, 0.5) is 14.5 Å². The zero-order chi connectivity index (χ0) is 16.9. The van der Waals surface area contributed by atoms with Gasteiger partial charge in [0.15, 0.2) is 0 Å². The number of rotatable bonds is 5. The molecule has 0 atom stereocenters. The van der Waals surface area contributed by atoms with Crippen molar-refractivity contribution >= 4 is 23.4 Å². The number of carbonyl (C=O) groups is 1. The van der Waals surface area contributed by atoms with Gasteiger partial charge in [-0.15, -0.1) is 0 Å². The third-order valence-electron chi connectivity index (χ3n) is 3.22. The van der Waals surface area contributed by atoms with Crippen LogP contribution in [0, 0.1) is 0 Å². The first-order valence-electron chi connectivity index (χ1n) is 7.09. The van der Waals surface area contributed by atoms with E-state index in [0.29, 0.717) is 27.9 Å².